The molecule has 0 saturated carbocycles. The molecule has 0 spiro atoms. The van der Waals surface area contributed by atoms with Crippen molar-refractivity contribution < 1.29 is 0 Å². The van der Waals surface area contributed by atoms with E-state index in [2.05, 4.69) is 20.6 Å². The van der Waals surface area contributed by atoms with Gasteiger partial charge in [0.1, 0.15) is 11.4 Å². The lowest BCUT2D eigenvalue weighted by molar-refractivity contribution is 0.637. The van der Waals surface area contributed by atoms with E-state index in [1.165, 1.54) is 0 Å². The van der Waals surface area contributed by atoms with Crippen molar-refractivity contribution in [2.24, 2.45) is 0 Å². The first-order valence-corrected chi connectivity index (χ1v) is 7.78. The van der Waals surface area contributed by atoms with Crippen LogP contribution < -0.4 is 0 Å². The summed E-state index contributed by atoms with van der Waals surface area (Å²) in [7, 11) is 0. The highest BCUT2D eigenvalue weighted by molar-refractivity contribution is 6.30. The Bertz CT molecular complexity index is 960. The van der Waals surface area contributed by atoms with Crippen LogP contribution in [0.1, 0.15) is 5.69 Å². The van der Waals surface area contributed by atoms with E-state index >= 15 is 0 Å². The van der Waals surface area contributed by atoms with Gasteiger partial charge in [-0.1, -0.05) is 58.4 Å². The smallest absolute Gasteiger partial charge is 0.113 e. The molecule has 0 atom stereocenters. The molecule has 118 valence electrons. The molecule has 2 aromatic carbocycles. The van der Waals surface area contributed by atoms with E-state index in [0.29, 0.717) is 11.6 Å². The van der Waals surface area contributed by atoms with Crippen LogP contribution in [0.3, 0.4) is 0 Å². The van der Waals surface area contributed by atoms with Crippen LogP contribution in [0.25, 0.3) is 16.9 Å². The van der Waals surface area contributed by atoms with Gasteiger partial charge in [0.15, 0.2) is 0 Å². The van der Waals surface area contributed by atoms with Crippen molar-refractivity contribution in [3.05, 3.63) is 77.7 Å². The van der Waals surface area contributed by atoms with E-state index < -0.39 is 0 Å². The first-order chi connectivity index (χ1) is 11.8. The Morgan fingerprint density at radius 1 is 0.875 bits per heavy atom. The van der Waals surface area contributed by atoms with Crippen LogP contribution in [0, 0.1) is 0 Å². The van der Waals surface area contributed by atoms with Gasteiger partial charge in [-0.15, -0.1) is 10.2 Å². The third-order valence-electron chi connectivity index (χ3n) is 3.55. The van der Waals surface area contributed by atoms with E-state index in [9.17, 15) is 0 Å². The van der Waals surface area contributed by atoms with Gasteiger partial charge in [0, 0.05) is 10.6 Å². The molecule has 4 aromatic rings. The lowest BCUT2D eigenvalue weighted by atomic mass is 10.2. The molecule has 24 heavy (non-hydrogen) atoms. The third kappa shape index (κ3) is 3.04. The van der Waals surface area contributed by atoms with Gasteiger partial charge in [0.2, 0.25) is 0 Å². The quantitative estimate of drug-likeness (QED) is 0.574. The largest absolute Gasteiger partial charge is 0.246 e. The molecular weight excluding hydrogens is 324 g/mol. The maximum atomic E-state index is 6.01. The van der Waals surface area contributed by atoms with Crippen LogP contribution in [-0.4, -0.2) is 30.0 Å². The molecule has 0 aliphatic rings. The fourth-order valence-corrected chi connectivity index (χ4v) is 2.58. The van der Waals surface area contributed by atoms with E-state index in [4.69, 9.17) is 11.6 Å². The number of benzene rings is 2. The summed E-state index contributed by atoms with van der Waals surface area (Å²) >= 11 is 6.01. The maximum absolute atomic E-state index is 6.01. The van der Waals surface area contributed by atoms with Gasteiger partial charge >= 0.3 is 0 Å². The fourth-order valence-electron chi connectivity index (χ4n) is 2.40. The van der Waals surface area contributed by atoms with E-state index in [0.717, 1.165) is 22.6 Å². The number of rotatable bonds is 4. The number of hydrogen-bond acceptors (Lipinski definition) is 4. The van der Waals surface area contributed by atoms with Crippen LogP contribution in [-0.2, 0) is 6.54 Å². The van der Waals surface area contributed by atoms with Crippen LogP contribution in [0.5, 0.6) is 0 Å². The monoisotopic (exact) mass is 336 g/mol. The summed E-state index contributed by atoms with van der Waals surface area (Å²) in [4.78, 5) is 0. The first kappa shape index (κ1) is 14.6. The van der Waals surface area contributed by atoms with Gasteiger partial charge in [-0.05, 0) is 18.2 Å². The van der Waals surface area contributed by atoms with Crippen LogP contribution >= 0.6 is 11.6 Å². The summed E-state index contributed by atoms with van der Waals surface area (Å²) < 4.78 is 3.44. The minimum absolute atomic E-state index is 0.500. The molecule has 2 aromatic heterocycles. The van der Waals surface area contributed by atoms with Gasteiger partial charge in [-0.2, -0.15) is 0 Å². The normalized spacial score (nSPS) is 10.9. The second kappa shape index (κ2) is 6.25. The highest BCUT2D eigenvalue weighted by Gasteiger charge is 2.07. The summed E-state index contributed by atoms with van der Waals surface area (Å²) in [6.07, 6.45) is 3.75. The van der Waals surface area contributed by atoms with Gasteiger partial charge in [-0.3, -0.25) is 0 Å². The molecule has 0 N–H and O–H groups in total. The molecule has 0 unspecified atom stereocenters. The van der Waals surface area contributed by atoms with E-state index in [1.807, 2.05) is 67.0 Å². The number of halogens is 1. The molecule has 0 radical (unpaired) electrons. The minimum atomic E-state index is 0.500. The average molecular weight is 337 g/mol. The molecule has 7 heteroatoms. The Labute approximate surface area is 143 Å². The predicted octanol–water partition coefficient (Wildman–Crippen LogP) is 3.23. The zero-order valence-electron chi connectivity index (χ0n) is 12.6. The first-order valence-electron chi connectivity index (χ1n) is 7.41. The molecule has 0 fully saturated rings. The number of hydrogen-bond donors (Lipinski definition) is 0. The van der Waals surface area contributed by atoms with Crippen molar-refractivity contribution in [1.82, 2.24) is 30.0 Å². The molecular formula is C17H13ClN6. The van der Waals surface area contributed by atoms with Crippen LogP contribution in [0.2, 0.25) is 5.02 Å². The Morgan fingerprint density at radius 2 is 1.75 bits per heavy atom. The molecule has 0 saturated heterocycles. The molecule has 0 aliphatic heterocycles. The third-order valence-corrected chi connectivity index (χ3v) is 3.78. The predicted molar refractivity (Wildman–Crippen MR) is 90.9 cm³/mol. The van der Waals surface area contributed by atoms with Crippen molar-refractivity contribution in [1.29, 1.82) is 0 Å². The zero-order valence-corrected chi connectivity index (χ0v) is 13.4. The Hall–Kier alpha value is -2.99. The average Bonchev–Trinajstić information content (AvgIpc) is 3.26. The van der Waals surface area contributed by atoms with Crippen molar-refractivity contribution in [3.63, 3.8) is 0 Å². The second-order valence-electron chi connectivity index (χ2n) is 5.30. The van der Waals surface area contributed by atoms with Crippen molar-refractivity contribution in [2.45, 2.75) is 6.54 Å². The fraction of sp³-hybridized carbons (Fsp3) is 0.0588. The van der Waals surface area contributed by atoms with Gasteiger partial charge in [-0.25, -0.2) is 9.36 Å². The van der Waals surface area contributed by atoms with Gasteiger partial charge in [0.05, 0.1) is 24.6 Å². The summed E-state index contributed by atoms with van der Waals surface area (Å²) in [6, 6.07) is 17.4. The number of nitrogens with zero attached hydrogens (tertiary/aromatic N) is 6. The zero-order chi connectivity index (χ0) is 16.4. The van der Waals surface area contributed by atoms with Crippen LogP contribution in [0.15, 0.2) is 67.0 Å². The number of aromatic nitrogens is 6. The Balaban J connectivity index is 1.54. The maximum Gasteiger partial charge on any atom is 0.113 e. The van der Waals surface area contributed by atoms with Crippen molar-refractivity contribution in [2.75, 3.05) is 0 Å². The summed E-state index contributed by atoms with van der Waals surface area (Å²) in [6.45, 7) is 0.500. The Kier molecular flexibility index (Phi) is 3.80. The van der Waals surface area contributed by atoms with Gasteiger partial charge < -0.3 is 0 Å². The topological polar surface area (TPSA) is 61.4 Å². The minimum Gasteiger partial charge on any atom is -0.246 e. The molecule has 6 nitrogen and oxygen atoms in total. The van der Waals surface area contributed by atoms with Gasteiger partial charge in [0.25, 0.3) is 0 Å². The molecule has 4 rings (SSSR count). The SMILES string of the molecule is Clc1cccc(-n2cc(Cn3cc(-c4ccccc4)nn3)nn2)c1. The van der Waals surface area contributed by atoms with E-state index in [1.54, 1.807) is 9.36 Å². The highest BCUT2D eigenvalue weighted by Crippen LogP contribution is 2.16. The lowest BCUT2D eigenvalue weighted by Gasteiger charge is -1.99. The van der Waals surface area contributed by atoms with Crippen LogP contribution in [0.4, 0.5) is 0 Å². The summed E-state index contributed by atoms with van der Waals surface area (Å²) in [5.74, 6) is 0. The summed E-state index contributed by atoms with van der Waals surface area (Å²) in [5, 5.41) is 17.3. The Morgan fingerprint density at radius 3 is 2.58 bits per heavy atom. The molecule has 0 aliphatic carbocycles. The molecule has 2 heterocycles. The van der Waals surface area contributed by atoms with E-state index in [-0.39, 0.29) is 0 Å². The highest BCUT2D eigenvalue weighted by atomic mass is 35.5. The van der Waals surface area contributed by atoms with Crippen molar-refractivity contribution in [3.8, 4) is 16.9 Å². The second-order valence-corrected chi connectivity index (χ2v) is 5.74. The van der Waals surface area contributed by atoms with Crippen molar-refractivity contribution >= 4 is 11.6 Å². The lowest BCUT2D eigenvalue weighted by Crippen LogP contribution is -2.00. The molecule has 0 bridgehead atoms. The molecule has 0 amide bonds. The standard InChI is InChI=1S/C17H13ClN6/c18-14-7-4-8-16(9-14)24-11-15(19-22-24)10-23-12-17(20-21-23)13-5-2-1-3-6-13/h1-9,11-12H,10H2. The summed E-state index contributed by atoms with van der Waals surface area (Å²) in [5.41, 5.74) is 3.52.